The molecular formula is C15H25NO3. The lowest BCUT2D eigenvalue weighted by molar-refractivity contribution is 0.130. The molecule has 0 unspecified atom stereocenters. The molecule has 0 bridgehead atoms. The van der Waals surface area contributed by atoms with Crippen molar-refractivity contribution < 1.29 is 14.2 Å². The third kappa shape index (κ3) is 5.94. The minimum Gasteiger partial charge on any atom is -0.490 e. The monoisotopic (exact) mass is 267 g/mol. The van der Waals surface area contributed by atoms with Crippen LogP contribution in [0.25, 0.3) is 0 Å². The van der Waals surface area contributed by atoms with Crippen LogP contribution in [0.1, 0.15) is 25.8 Å². The van der Waals surface area contributed by atoms with Crippen molar-refractivity contribution in [1.29, 1.82) is 0 Å². The highest BCUT2D eigenvalue weighted by atomic mass is 16.5. The average Bonchev–Trinajstić information content (AvgIpc) is 2.41. The minimum absolute atomic E-state index is 0.637. The van der Waals surface area contributed by atoms with Crippen LogP contribution in [-0.2, 0) is 11.3 Å². The molecule has 0 aliphatic heterocycles. The molecule has 108 valence electrons. The predicted octanol–water partition coefficient (Wildman–Crippen LogP) is 2.61. The number of nitrogens with one attached hydrogen (secondary N) is 1. The summed E-state index contributed by atoms with van der Waals surface area (Å²) in [4.78, 5) is 0. The van der Waals surface area contributed by atoms with Gasteiger partial charge in [0.05, 0.1) is 13.2 Å². The van der Waals surface area contributed by atoms with Crippen molar-refractivity contribution in [1.82, 2.24) is 5.32 Å². The molecule has 0 aliphatic rings. The zero-order valence-corrected chi connectivity index (χ0v) is 12.2. The Morgan fingerprint density at radius 3 is 2.53 bits per heavy atom. The summed E-state index contributed by atoms with van der Waals surface area (Å²) in [5.74, 6) is 1.62. The van der Waals surface area contributed by atoms with Crippen molar-refractivity contribution in [2.45, 2.75) is 26.8 Å². The number of benzene rings is 1. The van der Waals surface area contributed by atoms with E-state index < -0.39 is 0 Å². The highest BCUT2D eigenvalue weighted by molar-refractivity contribution is 5.43. The molecule has 1 N–H and O–H groups in total. The zero-order chi connectivity index (χ0) is 13.9. The summed E-state index contributed by atoms with van der Waals surface area (Å²) >= 11 is 0. The lowest BCUT2D eigenvalue weighted by Crippen LogP contribution is -2.07. The largest absolute Gasteiger partial charge is 0.490 e. The molecule has 1 aromatic carbocycles. The van der Waals surface area contributed by atoms with Crippen molar-refractivity contribution in [3.8, 4) is 11.5 Å². The van der Waals surface area contributed by atoms with Gasteiger partial charge in [-0.1, -0.05) is 6.07 Å². The first-order valence-electron chi connectivity index (χ1n) is 6.92. The van der Waals surface area contributed by atoms with Crippen molar-refractivity contribution in [3.05, 3.63) is 23.8 Å². The van der Waals surface area contributed by atoms with E-state index in [2.05, 4.69) is 11.4 Å². The van der Waals surface area contributed by atoms with Crippen LogP contribution in [0, 0.1) is 0 Å². The molecule has 1 rings (SSSR count). The molecule has 0 radical (unpaired) electrons. The average molecular weight is 267 g/mol. The summed E-state index contributed by atoms with van der Waals surface area (Å²) in [5, 5.41) is 3.13. The molecule has 0 amide bonds. The molecule has 1 aromatic rings. The topological polar surface area (TPSA) is 39.7 Å². The van der Waals surface area contributed by atoms with E-state index in [0.717, 1.165) is 37.7 Å². The number of hydrogen-bond donors (Lipinski definition) is 1. The van der Waals surface area contributed by atoms with Gasteiger partial charge in [0, 0.05) is 26.2 Å². The number of ether oxygens (including phenoxy) is 3. The Balaban J connectivity index is 2.54. The maximum absolute atomic E-state index is 5.74. The van der Waals surface area contributed by atoms with Gasteiger partial charge in [-0.3, -0.25) is 0 Å². The first-order chi connectivity index (χ1) is 9.31. The summed E-state index contributed by atoms with van der Waals surface area (Å²) in [6, 6.07) is 6.05. The van der Waals surface area contributed by atoms with E-state index in [1.807, 2.05) is 33.0 Å². The van der Waals surface area contributed by atoms with Gasteiger partial charge in [-0.15, -0.1) is 0 Å². The Kier molecular flexibility index (Phi) is 8.02. The lowest BCUT2D eigenvalue weighted by Gasteiger charge is -2.13. The molecule has 4 heteroatoms. The van der Waals surface area contributed by atoms with Gasteiger partial charge in [0.15, 0.2) is 11.5 Å². The Morgan fingerprint density at radius 2 is 1.84 bits per heavy atom. The van der Waals surface area contributed by atoms with Crippen LogP contribution in [0.4, 0.5) is 0 Å². The molecule has 4 nitrogen and oxygen atoms in total. The van der Waals surface area contributed by atoms with Crippen LogP contribution in [0.2, 0.25) is 0 Å². The van der Waals surface area contributed by atoms with Gasteiger partial charge in [-0.2, -0.15) is 0 Å². The maximum Gasteiger partial charge on any atom is 0.161 e. The van der Waals surface area contributed by atoms with Gasteiger partial charge in [-0.05, 0) is 38.6 Å². The Labute approximate surface area is 116 Å². The molecule has 0 saturated carbocycles. The second kappa shape index (κ2) is 9.64. The van der Waals surface area contributed by atoms with Crippen LogP contribution in [-0.4, -0.2) is 33.5 Å². The van der Waals surface area contributed by atoms with E-state index in [4.69, 9.17) is 14.2 Å². The second-order valence-electron chi connectivity index (χ2n) is 4.14. The van der Waals surface area contributed by atoms with Gasteiger partial charge < -0.3 is 19.5 Å². The fourth-order valence-corrected chi connectivity index (χ4v) is 1.74. The Bertz CT molecular complexity index is 355. The van der Waals surface area contributed by atoms with Gasteiger partial charge in [0.25, 0.3) is 0 Å². The van der Waals surface area contributed by atoms with Gasteiger partial charge in [-0.25, -0.2) is 0 Å². The van der Waals surface area contributed by atoms with Crippen molar-refractivity contribution in [3.63, 3.8) is 0 Å². The van der Waals surface area contributed by atoms with E-state index >= 15 is 0 Å². The van der Waals surface area contributed by atoms with Crippen molar-refractivity contribution in [2.75, 3.05) is 33.5 Å². The Hall–Kier alpha value is -1.26. The van der Waals surface area contributed by atoms with E-state index in [1.54, 1.807) is 0 Å². The molecular weight excluding hydrogens is 242 g/mol. The van der Waals surface area contributed by atoms with Gasteiger partial charge in [0.1, 0.15) is 0 Å². The fourth-order valence-electron chi connectivity index (χ4n) is 1.74. The van der Waals surface area contributed by atoms with E-state index in [-0.39, 0.29) is 0 Å². The number of hydrogen-bond acceptors (Lipinski definition) is 4. The van der Waals surface area contributed by atoms with Crippen molar-refractivity contribution >= 4 is 0 Å². The molecule has 0 heterocycles. The van der Waals surface area contributed by atoms with E-state index in [0.29, 0.717) is 13.2 Å². The van der Waals surface area contributed by atoms with Crippen LogP contribution >= 0.6 is 0 Å². The van der Waals surface area contributed by atoms with E-state index in [1.165, 1.54) is 5.56 Å². The minimum atomic E-state index is 0.637. The van der Waals surface area contributed by atoms with Crippen LogP contribution in [0.3, 0.4) is 0 Å². The molecule has 0 spiro atoms. The SMILES string of the molecule is CCOCCCOc1ccc(CNC)cc1OCC. The molecule has 19 heavy (non-hydrogen) atoms. The second-order valence-corrected chi connectivity index (χ2v) is 4.14. The van der Waals surface area contributed by atoms with Gasteiger partial charge >= 0.3 is 0 Å². The molecule has 0 atom stereocenters. The summed E-state index contributed by atoms with van der Waals surface area (Å²) in [6.07, 6.45) is 0.887. The zero-order valence-electron chi connectivity index (χ0n) is 12.2. The Morgan fingerprint density at radius 1 is 1.00 bits per heavy atom. The molecule has 0 fully saturated rings. The molecule has 0 saturated heterocycles. The normalized spacial score (nSPS) is 10.5. The fraction of sp³-hybridized carbons (Fsp3) is 0.600. The van der Waals surface area contributed by atoms with E-state index in [9.17, 15) is 0 Å². The summed E-state index contributed by atoms with van der Waals surface area (Å²) < 4.78 is 16.6. The lowest BCUT2D eigenvalue weighted by atomic mass is 10.2. The van der Waals surface area contributed by atoms with Crippen LogP contribution in [0.15, 0.2) is 18.2 Å². The number of rotatable bonds is 10. The molecule has 0 aliphatic carbocycles. The first kappa shape index (κ1) is 15.8. The summed E-state index contributed by atoms with van der Waals surface area (Å²) in [5.41, 5.74) is 1.19. The third-order valence-corrected chi connectivity index (χ3v) is 2.58. The van der Waals surface area contributed by atoms with Gasteiger partial charge in [0.2, 0.25) is 0 Å². The van der Waals surface area contributed by atoms with Crippen LogP contribution in [0.5, 0.6) is 11.5 Å². The standard InChI is InChI=1S/C15H25NO3/c1-4-17-9-6-10-19-14-8-7-13(12-16-3)11-15(14)18-5-2/h7-8,11,16H,4-6,9-10,12H2,1-3H3. The highest BCUT2D eigenvalue weighted by Gasteiger charge is 2.06. The summed E-state index contributed by atoms with van der Waals surface area (Å²) in [7, 11) is 1.93. The summed E-state index contributed by atoms with van der Waals surface area (Å²) in [6.45, 7) is 7.56. The first-order valence-corrected chi connectivity index (χ1v) is 6.92. The van der Waals surface area contributed by atoms with Crippen molar-refractivity contribution in [2.24, 2.45) is 0 Å². The smallest absolute Gasteiger partial charge is 0.161 e. The highest BCUT2D eigenvalue weighted by Crippen LogP contribution is 2.28. The quantitative estimate of drug-likeness (QED) is 0.661. The molecule has 0 aromatic heterocycles. The predicted molar refractivity (Wildman–Crippen MR) is 77.0 cm³/mol. The third-order valence-electron chi connectivity index (χ3n) is 2.58. The maximum atomic E-state index is 5.74. The van der Waals surface area contributed by atoms with Crippen LogP contribution < -0.4 is 14.8 Å².